The maximum Gasteiger partial charge on any atom is 0.315 e. The lowest BCUT2D eigenvalue weighted by Gasteiger charge is -2.23. The Balaban J connectivity index is 2.71. The molecule has 0 aliphatic carbocycles. The molecule has 0 saturated carbocycles. The van der Waals surface area contributed by atoms with Crippen LogP contribution in [0.1, 0.15) is 60.3 Å². The van der Waals surface area contributed by atoms with E-state index in [2.05, 4.69) is 21.3 Å². The molecule has 0 aromatic rings. The Labute approximate surface area is 184 Å². The zero-order chi connectivity index (χ0) is 23.6. The fourth-order valence-corrected chi connectivity index (χ4v) is 3.35. The van der Waals surface area contributed by atoms with Crippen molar-refractivity contribution in [3.05, 3.63) is 12.2 Å². The van der Waals surface area contributed by atoms with Gasteiger partial charge in [0.25, 0.3) is 0 Å². The fourth-order valence-electron chi connectivity index (χ4n) is 3.35. The molecule has 0 bridgehead atoms. The monoisotopic (exact) mass is 436 g/mol. The largest absolute Gasteiger partial charge is 0.353 e. The van der Waals surface area contributed by atoms with Crippen LogP contribution in [0.25, 0.3) is 0 Å². The van der Waals surface area contributed by atoms with Crippen molar-refractivity contribution in [2.45, 2.75) is 78.4 Å². The predicted molar refractivity (Wildman–Crippen MR) is 117 cm³/mol. The molecule has 0 aromatic carbocycles. The summed E-state index contributed by atoms with van der Waals surface area (Å²) in [4.78, 5) is 60.8. The second-order valence-electron chi connectivity index (χ2n) is 8.48. The zero-order valence-corrected chi connectivity index (χ0v) is 19.1. The molecule has 9 nitrogen and oxygen atoms in total. The first kappa shape index (κ1) is 26.3. The lowest BCUT2D eigenvalue weighted by atomic mass is 9.92. The van der Waals surface area contributed by atoms with Gasteiger partial charge in [0.1, 0.15) is 0 Å². The van der Waals surface area contributed by atoms with E-state index < -0.39 is 24.0 Å². The number of urea groups is 1. The average molecular weight is 437 g/mol. The van der Waals surface area contributed by atoms with E-state index >= 15 is 0 Å². The Morgan fingerprint density at radius 1 is 1.13 bits per heavy atom. The number of nitrogens with one attached hydrogen (secondary N) is 4. The van der Waals surface area contributed by atoms with Crippen LogP contribution in [0.2, 0.25) is 0 Å². The molecule has 9 heteroatoms. The highest BCUT2D eigenvalue weighted by molar-refractivity contribution is 5.93. The fraction of sp³-hybridized carbons (Fsp3) is 0.682. The molecule has 0 aromatic heterocycles. The quantitative estimate of drug-likeness (QED) is 0.476. The van der Waals surface area contributed by atoms with Crippen LogP contribution < -0.4 is 21.3 Å². The Kier molecular flexibility index (Phi) is 10.9. The summed E-state index contributed by atoms with van der Waals surface area (Å²) in [7, 11) is 0. The number of amides is 4. The molecule has 0 unspecified atom stereocenters. The number of carbonyl (C=O) groups excluding carboxylic acids is 5. The van der Waals surface area contributed by atoms with Gasteiger partial charge in [0.2, 0.25) is 11.8 Å². The molecule has 0 fully saturated rings. The van der Waals surface area contributed by atoms with Crippen LogP contribution in [-0.2, 0) is 19.2 Å². The molecule has 174 valence electrons. The van der Waals surface area contributed by atoms with E-state index in [1.165, 1.54) is 13.0 Å². The Morgan fingerprint density at radius 3 is 2.42 bits per heavy atom. The molecule has 0 spiro atoms. The van der Waals surface area contributed by atoms with Gasteiger partial charge in [-0.2, -0.15) is 0 Å². The van der Waals surface area contributed by atoms with Crippen LogP contribution in [0.15, 0.2) is 12.2 Å². The van der Waals surface area contributed by atoms with Crippen molar-refractivity contribution in [1.29, 1.82) is 0 Å². The van der Waals surface area contributed by atoms with Gasteiger partial charge in [0.05, 0.1) is 12.1 Å². The van der Waals surface area contributed by atoms with E-state index in [0.717, 1.165) is 0 Å². The highest BCUT2D eigenvalue weighted by atomic mass is 16.2. The molecule has 4 amide bonds. The lowest BCUT2D eigenvalue weighted by Crippen LogP contribution is -2.51. The zero-order valence-electron chi connectivity index (χ0n) is 19.1. The lowest BCUT2D eigenvalue weighted by molar-refractivity contribution is -0.130. The highest BCUT2D eigenvalue weighted by Crippen LogP contribution is 2.16. The standard InChI is InChI=1S/C22H36N4O5/c1-13(2)20(16(5)27)26-22(31)25-15(4)18(28)12-17-8-6-7-11-23-19(29)10-9-14(3)24-21(17)30/h9-10,13-15,17,20H,6-8,11-12H2,1-5H3,(H,23,29)(H,24,30)(H2,25,26,31)/b10-9+/t14-,15-,17+,20-/m0/s1. The minimum Gasteiger partial charge on any atom is -0.353 e. The third-order valence-electron chi connectivity index (χ3n) is 5.22. The van der Waals surface area contributed by atoms with Gasteiger partial charge in [0, 0.05) is 31.0 Å². The summed E-state index contributed by atoms with van der Waals surface area (Å²) in [5.74, 6) is -1.46. The van der Waals surface area contributed by atoms with Crippen molar-refractivity contribution in [3.8, 4) is 0 Å². The maximum absolute atomic E-state index is 12.7. The van der Waals surface area contributed by atoms with Crippen molar-refractivity contribution in [2.75, 3.05) is 6.54 Å². The van der Waals surface area contributed by atoms with E-state index in [-0.39, 0.29) is 41.8 Å². The molecule has 0 radical (unpaired) electrons. The smallest absolute Gasteiger partial charge is 0.315 e. The van der Waals surface area contributed by atoms with Crippen LogP contribution >= 0.6 is 0 Å². The molecule has 1 aliphatic heterocycles. The first-order valence-corrected chi connectivity index (χ1v) is 10.9. The topological polar surface area (TPSA) is 133 Å². The summed E-state index contributed by atoms with van der Waals surface area (Å²) in [6, 6.07) is -2.37. The second-order valence-corrected chi connectivity index (χ2v) is 8.48. The summed E-state index contributed by atoms with van der Waals surface area (Å²) >= 11 is 0. The van der Waals surface area contributed by atoms with E-state index in [1.807, 2.05) is 13.8 Å². The first-order chi connectivity index (χ1) is 14.5. The average Bonchev–Trinajstić information content (AvgIpc) is 2.67. The van der Waals surface area contributed by atoms with Crippen molar-refractivity contribution in [2.24, 2.45) is 11.8 Å². The molecule has 1 heterocycles. The summed E-state index contributed by atoms with van der Waals surface area (Å²) < 4.78 is 0. The van der Waals surface area contributed by atoms with E-state index in [1.54, 1.807) is 19.9 Å². The van der Waals surface area contributed by atoms with Crippen LogP contribution in [0.4, 0.5) is 4.79 Å². The maximum atomic E-state index is 12.7. The van der Waals surface area contributed by atoms with Crippen molar-refractivity contribution >= 4 is 29.4 Å². The molecule has 31 heavy (non-hydrogen) atoms. The van der Waals surface area contributed by atoms with Crippen LogP contribution in [0.3, 0.4) is 0 Å². The van der Waals surface area contributed by atoms with Crippen molar-refractivity contribution < 1.29 is 24.0 Å². The van der Waals surface area contributed by atoms with Gasteiger partial charge in [-0.05, 0) is 39.5 Å². The van der Waals surface area contributed by atoms with Gasteiger partial charge in [-0.25, -0.2) is 4.79 Å². The minimum absolute atomic E-state index is 0.00358. The number of hydrogen-bond acceptors (Lipinski definition) is 5. The van der Waals surface area contributed by atoms with E-state index in [0.29, 0.717) is 25.8 Å². The van der Waals surface area contributed by atoms with Crippen molar-refractivity contribution in [1.82, 2.24) is 21.3 Å². The molecule has 1 aliphatic rings. The molecular weight excluding hydrogens is 400 g/mol. The highest BCUT2D eigenvalue weighted by Gasteiger charge is 2.27. The summed E-state index contributed by atoms with van der Waals surface area (Å²) in [6.07, 6.45) is 4.87. The summed E-state index contributed by atoms with van der Waals surface area (Å²) in [6.45, 7) is 8.87. The van der Waals surface area contributed by atoms with E-state index in [9.17, 15) is 24.0 Å². The minimum atomic E-state index is -0.800. The Morgan fingerprint density at radius 2 is 1.81 bits per heavy atom. The van der Waals surface area contributed by atoms with Crippen LogP contribution in [0.5, 0.6) is 0 Å². The van der Waals surface area contributed by atoms with Crippen molar-refractivity contribution in [3.63, 3.8) is 0 Å². The third-order valence-corrected chi connectivity index (χ3v) is 5.22. The predicted octanol–water partition coefficient (Wildman–Crippen LogP) is 1.22. The molecular formula is C22H36N4O5. The normalized spacial score (nSPS) is 23.3. The Bertz CT molecular complexity index is 704. The van der Waals surface area contributed by atoms with Gasteiger partial charge >= 0.3 is 6.03 Å². The SMILES string of the molecule is CC(=O)[C@@H](NC(=O)N[C@@H](C)C(=O)C[C@H]1CCCCNC(=O)/C=C/[C@H](C)NC1=O)C(C)C. The van der Waals surface area contributed by atoms with Gasteiger partial charge in [-0.15, -0.1) is 0 Å². The number of Topliss-reactive ketones (excluding diaryl/α,β-unsaturated/α-hetero) is 2. The van der Waals surface area contributed by atoms with Crippen LogP contribution in [0, 0.1) is 11.8 Å². The van der Waals surface area contributed by atoms with E-state index in [4.69, 9.17) is 0 Å². The number of ketones is 2. The first-order valence-electron chi connectivity index (χ1n) is 10.9. The van der Waals surface area contributed by atoms with Gasteiger partial charge in [-0.1, -0.05) is 26.3 Å². The second kappa shape index (κ2) is 12.9. The Hall–Kier alpha value is -2.71. The molecule has 4 N–H and O–H groups in total. The summed E-state index contributed by atoms with van der Waals surface area (Å²) in [5, 5.41) is 10.7. The number of hydrogen-bond donors (Lipinski definition) is 4. The molecule has 0 saturated heterocycles. The number of rotatable bonds is 7. The number of carbonyl (C=O) groups is 5. The summed E-state index contributed by atoms with van der Waals surface area (Å²) in [5.41, 5.74) is 0. The van der Waals surface area contributed by atoms with Gasteiger partial charge < -0.3 is 21.3 Å². The molecule has 1 rings (SSSR count). The van der Waals surface area contributed by atoms with Gasteiger partial charge in [0.15, 0.2) is 11.6 Å². The van der Waals surface area contributed by atoms with Crippen LogP contribution in [-0.4, -0.2) is 54.1 Å². The third kappa shape index (κ3) is 9.76. The molecule has 4 atom stereocenters. The van der Waals surface area contributed by atoms with Gasteiger partial charge in [-0.3, -0.25) is 19.2 Å².